The molecule has 5 rings (SSSR count). The van der Waals surface area contributed by atoms with Crippen LogP contribution in [0.5, 0.6) is 11.5 Å². The SMILES string of the molecule is Cc1c(CNCc2ccccn2)cn2ncc(C#N)c(Nc3ccc(Oc4ccccc4)cc3)c12. The van der Waals surface area contributed by atoms with Gasteiger partial charge in [0.2, 0.25) is 0 Å². The third kappa shape index (κ3) is 4.98. The number of ether oxygens (including phenoxy) is 1. The quantitative estimate of drug-likeness (QED) is 0.307. The molecule has 0 saturated carbocycles. The molecule has 172 valence electrons. The van der Waals surface area contributed by atoms with Gasteiger partial charge < -0.3 is 15.4 Å². The average molecular weight is 461 g/mol. The number of nitrogens with one attached hydrogen (secondary N) is 2. The first-order chi connectivity index (χ1) is 17.2. The number of hydrogen-bond donors (Lipinski definition) is 2. The number of pyridine rings is 1. The number of para-hydroxylation sites is 1. The summed E-state index contributed by atoms with van der Waals surface area (Å²) >= 11 is 0. The molecule has 3 heterocycles. The molecule has 5 aromatic rings. The number of benzene rings is 2. The van der Waals surface area contributed by atoms with Crippen LogP contribution in [0.4, 0.5) is 11.4 Å². The summed E-state index contributed by atoms with van der Waals surface area (Å²) in [5, 5.41) is 21.1. The molecule has 0 fully saturated rings. The van der Waals surface area contributed by atoms with Gasteiger partial charge >= 0.3 is 0 Å². The minimum absolute atomic E-state index is 0.483. The number of anilines is 2. The summed E-state index contributed by atoms with van der Waals surface area (Å²) in [6.07, 6.45) is 5.38. The minimum atomic E-state index is 0.483. The number of nitrogens with zero attached hydrogens (tertiary/aromatic N) is 4. The monoisotopic (exact) mass is 460 g/mol. The van der Waals surface area contributed by atoms with Crippen molar-refractivity contribution in [2.24, 2.45) is 0 Å². The molecule has 0 radical (unpaired) electrons. The number of nitriles is 1. The van der Waals surface area contributed by atoms with Crippen molar-refractivity contribution in [3.8, 4) is 17.6 Å². The van der Waals surface area contributed by atoms with E-state index >= 15 is 0 Å². The van der Waals surface area contributed by atoms with Gasteiger partial charge in [0.25, 0.3) is 0 Å². The van der Waals surface area contributed by atoms with Crippen molar-refractivity contribution in [3.63, 3.8) is 0 Å². The molecule has 3 aromatic heterocycles. The van der Waals surface area contributed by atoms with Gasteiger partial charge in [0.15, 0.2) is 0 Å². The van der Waals surface area contributed by atoms with Crippen molar-refractivity contribution in [2.45, 2.75) is 20.0 Å². The fourth-order valence-corrected chi connectivity index (χ4v) is 3.93. The van der Waals surface area contributed by atoms with Crippen molar-refractivity contribution in [2.75, 3.05) is 5.32 Å². The molecule has 7 nitrogen and oxygen atoms in total. The molecule has 35 heavy (non-hydrogen) atoms. The van der Waals surface area contributed by atoms with E-state index in [0.29, 0.717) is 18.7 Å². The van der Waals surface area contributed by atoms with Gasteiger partial charge in [0.05, 0.1) is 28.7 Å². The van der Waals surface area contributed by atoms with E-state index in [2.05, 4.69) is 33.7 Å². The van der Waals surface area contributed by atoms with Crippen molar-refractivity contribution in [1.82, 2.24) is 19.9 Å². The van der Waals surface area contributed by atoms with Crippen LogP contribution in [0.15, 0.2) is 91.4 Å². The second kappa shape index (κ2) is 10.1. The first-order valence-corrected chi connectivity index (χ1v) is 11.3. The Morgan fingerprint density at radius 1 is 0.943 bits per heavy atom. The summed E-state index contributed by atoms with van der Waals surface area (Å²) in [6.45, 7) is 3.39. The molecular weight excluding hydrogens is 436 g/mol. The Balaban J connectivity index is 1.37. The van der Waals surface area contributed by atoms with Gasteiger partial charge in [-0.2, -0.15) is 10.4 Å². The molecule has 0 amide bonds. The molecule has 0 aliphatic rings. The Morgan fingerprint density at radius 3 is 2.46 bits per heavy atom. The Hall–Kier alpha value is -4.67. The molecule has 0 spiro atoms. The van der Waals surface area contributed by atoms with Crippen LogP contribution in [-0.4, -0.2) is 14.6 Å². The highest BCUT2D eigenvalue weighted by molar-refractivity contribution is 5.85. The lowest BCUT2D eigenvalue weighted by Gasteiger charge is -2.12. The van der Waals surface area contributed by atoms with Gasteiger partial charge in [-0.25, -0.2) is 4.52 Å². The summed E-state index contributed by atoms with van der Waals surface area (Å²) in [6, 6.07) is 25.5. The van der Waals surface area contributed by atoms with Gasteiger partial charge in [-0.15, -0.1) is 0 Å². The molecule has 0 aliphatic heterocycles. The Kier molecular flexibility index (Phi) is 6.37. The second-order valence-electron chi connectivity index (χ2n) is 8.11. The van der Waals surface area contributed by atoms with Crippen LogP contribution >= 0.6 is 0 Å². The van der Waals surface area contributed by atoms with Crippen LogP contribution in [-0.2, 0) is 13.1 Å². The van der Waals surface area contributed by atoms with E-state index in [-0.39, 0.29) is 0 Å². The molecule has 0 aliphatic carbocycles. The predicted octanol–water partition coefficient (Wildman–Crippen LogP) is 5.74. The van der Waals surface area contributed by atoms with Gasteiger partial charge in [0, 0.05) is 31.2 Å². The lowest BCUT2D eigenvalue weighted by Crippen LogP contribution is -2.13. The molecule has 0 unspecified atom stereocenters. The number of aryl methyl sites for hydroxylation is 1. The highest BCUT2D eigenvalue weighted by Crippen LogP contribution is 2.31. The molecular formula is C28H24N6O. The predicted molar refractivity (Wildman–Crippen MR) is 136 cm³/mol. The average Bonchev–Trinajstić information content (AvgIpc) is 3.22. The van der Waals surface area contributed by atoms with Crippen LogP contribution < -0.4 is 15.4 Å². The van der Waals surface area contributed by atoms with Crippen molar-refractivity contribution in [3.05, 3.63) is 114 Å². The molecule has 0 atom stereocenters. The fourth-order valence-electron chi connectivity index (χ4n) is 3.93. The fraction of sp³-hybridized carbons (Fsp3) is 0.107. The third-order valence-electron chi connectivity index (χ3n) is 5.73. The molecule has 0 bridgehead atoms. The maximum absolute atomic E-state index is 9.75. The van der Waals surface area contributed by atoms with E-state index in [0.717, 1.165) is 45.2 Å². The maximum atomic E-state index is 9.75. The number of rotatable bonds is 8. The molecule has 7 heteroatoms. The normalized spacial score (nSPS) is 10.7. The van der Waals surface area contributed by atoms with E-state index in [1.165, 1.54) is 0 Å². The highest BCUT2D eigenvalue weighted by Gasteiger charge is 2.16. The van der Waals surface area contributed by atoms with E-state index in [4.69, 9.17) is 4.74 Å². The Labute approximate surface area is 203 Å². The first kappa shape index (κ1) is 22.1. The number of fused-ring (bicyclic) bond motifs is 1. The zero-order valence-electron chi connectivity index (χ0n) is 19.3. The molecule has 2 aromatic carbocycles. The first-order valence-electron chi connectivity index (χ1n) is 11.3. The van der Waals surface area contributed by atoms with Crippen LogP contribution in [0.1, 0.15) is 22.4 Å². The molecule has 2 N–H and O–H groups in total. The zero-order valence-corrected chi connectivity index (χ0v) is 19.3. The van der Waals surface area contributed by atoms with E-state index in [1.54, 1.807) is 12.4 Å². The Bertz CT molecular complexity index is 1470. The summed E-state index contributed by atoms with van der Waals surface area (Å²) in [7, 11) is 0. The third-order valence-corrected chi connectivity index (χ3v) is 5.73. The second-order valence-corrected chi connectivity index (χ2v) is 8.11. The van der Waals surface area contributed by atoms with Crippen molar-refractivity contribution >= 4 is 16.9 Å². The lowest BCUT2D eigenvalue weighted by molar-refractivity contribution is 0.483. The topological polar surface area (TPSA) is 87.3 Å². The standard InChI is InChI=1S/C28H24N6O/c1-20-22(16-30-18-24-7-5-6-14-31-24)19-34-28(20)27(21(15-29)17-32-34)33-23-10-12-26(13-11-23)35-25-8-3-2-4-9-25/h2-14,17,19,30,33H,16,18H2,1H3. The van der Waals surface area contributed by atoms with E-state index in [9.17, 15) is 5.26 Å². The lowest BCUT2D eigenvalue weighted by atomic mass is 10.1. The molecule has 0 saturated heterocycles. The minimum Gasteiger partial charge on any atom is -0.457 e. The smallest absolute Gasteiger partial charge is 0.127 e. The summed E-state index contributed by atoms with van der Waals surface area (Å²) in [4.78, 5) is 4.35. The summed E-state index contributed by atoms with van der Waals surface area (Å²) in [5.74, 6) is 1.52. The summed E-state index contributed by atoms with van der Waals surface area (Å²) < 4.78 is 7.71. The Morgan fingerprint density at radius 2 is 1.71 bits per heavy atom. The van der Waals surface area contributed by atoms with E-state index in [1.807, 2.05) is 83.5 Å². The number of aromatic nitrogens is 3. The van der Waals surface area contributed by atoms with Gasteiger partial charge in [0.1, 0.15) is 17.6 Å². The maximum Gasteiger partial charge on any atom is 0.127 e. The van der Waals surface area contributed by atoms with Crippen LogP contribution in [0.25, 0.3) is 5.52 Å². The highest BCUT2D eigenvalue weighted by atomic mass is 16.5. The van der Waals surface area contributed by atoms with Crippen molar-refractivity contribution in [1.29, 1.82) is 5.26 Å². The van der Waals surface area contributed by atoms with E-state index < -0.39 is 0 Å². The van der Waals surface area contributed by atoms with Crippen molar-refractivity contribution < 1.29 is 4.74 Å². The van der Waals surface area contributed by atoms with Crippen LogP contribution in [0.2, 0.25) is 0 Å². The number of hydrogen-bond acceptors (Lipinski definition) is 6. The van der Waals surface area contributed by atoms with Gasteiger partial charge in [-0.1, -0.05) is 24.3 Å². The largest absolute Gasteiger partial charge is 0.457 e. The van der Waals surface area contributed by atoms with Gasteiger partial charge in [-0.05, 0) is 66.6 Å². The van der Waals surface area contributed by atoms with Gasteiger partial charge in [-0.3, -0.25) is 4.98 Å². The van der Waals surface area contributed by atoms with Crippen LogP contribution in [0, 0.1) is 18.3 Å². The zero-order chi connectivity index (χ0) is 24.0. The van der Waals surface area contributed by atoms with Crippen LogP contribution in [0.3, 0.4) is 0 Å². The summed E-state index contributed by atoms with van der Waals surface area (Å²) in [5.41, 5.74) is 6.10.